The predicted molar refractivity (Wildman–Crippen MR) is 74.5 cm³/mol. The minimum absolute atomic E-state index is 0.202. The second-order valence-corrected chi connectivity index (χ2v) is 5.73. The Hall–Kier alpha value is -1.07. The second kappa shape index (κ2) is 5.92. The standard InChI is InChI=1S/C14H25N3O2/c1-10-11(5-6-12(10)18)14-13(19-4)9-15-17(14)8-7-16(2)3/h9-12,18H,5-8H2,1-4H3. The van der Waals surface area contributed by atoms with Gasteiger partial charge in [-0.1, -0.05) is 6.92 Å². The molecule has 5 nitrogen and oxygen atoms in total. The van der Waals surface area contributed by atoms with Crippen molar-refractivity contribution in [3.05, 3.63) is 11.9 Å². The molecule has 1 aromatic rings. The zero-order valence-corrected chi connectivity index (χ0v) is 12.3. The van der Waals surface area contributed by atoms with Crippen molar-refractivity contribution >= 4 is 0 Å². The average Bonchev–Trinajstić information content (AvgIpc) is 2.92. The third kappa shape index (κ3) is 2.92. The highest BCUT2D eigenvalue weighted by molar-refractivity contribution is 5.30. The Morgan fingerprint density at radius 1 is 1.47 bits per heavy atom. The molecule has 19 heavy (non-hydrogen) atoms. The third-order valence-electron chi connectivity index (χ3n) is 4.19. The molecule has 0 radical (unpaired) electrons. The van der Waals surface area contributed by atoms with Gasteiger partial charge in [-0.05, 0) is 32.9 Å². The van der Waals surface area contributed by atoms with E-state index in [1.807, 2.05) is 4.68 Å². The molecule has 108 valence electrons. The van der Waals surface area contributed by atoms with Crippen molar-refractivity contribution in [3.8, 4) is 5.75 Å². The quantitative estimate of drug-likeness (QED) is 0.874. The van der Waals surface area contributed by atoms with Gasteiger partial charge in [0, 0.05) is 12.5 Å². The monoisotopic (exact) mass is 267 g/mol. The Labute approximate surface area is 115 Å². The van der Waals surface area contributed by atoms with E-state index in [2.05, 4.69) is 31.0 Å². The smallest absolute Gasteiger partial charge is 0.160 e. The van der Waals surface area contributed by atoms with Crippen LogP contribution in [0.5, 0.6) is 5.75 Å². The summed E-state index contributed by atoms with van der Waals surface area (Å²) in [5.74, 6) is 1.46. The number of aromatic nitrogens is 2. The lowest BCUT2D eigenvalue weighted by molar-refractivity contribution is 0.135. The van der Waals surface area contributed by atoms with E-state index in [9.17, 15) is 5.11 Å². The summed E-state index contributed by atoms with van der Waals surface area (Å²) in [4.78, 5) is 2.14. The van der Waals surface area contributed by atoms with E-state index in [1.54, 1.807) is 13.3 Å². The van der Waals surface area contributed by atoms with Gasteiger partial charge >= 0.3 is 0 Å². The van der Waals surface area contributed by atoms with Crippen molar-refractivity contribution in [2.45, 2.75) is 38.3 Å². The van der Waals surface area contributed by atoms with Crippen LogP contribution in [0.15, 0.2) is 6.20 Å². The zero-order chi connectivity index (χ0) is 14.0. The van der Waals surface area contributed by atoms with Gasteiger partial charge in [-0.25, -0.2) is 0 Å². The van der Waals surface area contributed by atoms with Gasteiger partial charge in [0.05, 0.1) is 31.6 Å². The van der Waals surface area contributed by atoms with Crippen LogP contribution in [0.4, 0.5) is 0 Å². The first-order valence-corrected chi connectivity index (χ1v) is 6.97. The van der Waals surface area contributed by atoms with Crippen molar-refractivity contribution in [2.24, 2.45) is 5.92 Å². The molecule has 1 aromatic heterocycles. The molecule has 1 fully saturated rings. The van der Waals surface area contributed by atoms with E-state index >= 15 is 0 Å². The number of methoxy groups -OCH3 is 1. The van der Waals surface area contributed by atoms with Crippen molar-refractivity contribution in [1.29, 1.82) is 0 Å². The second-order valence-electron chi connectivity index (χ2n) is 5.73. The van der Waals surface area contributed by atoms with Crippen LogP contribution in [0.25, 0.3) is 0 Å². The SMILES string of the molecule is COc1cnn(CCN(C)C)c1C1CCC(O)C1C. The Morgan fingerprint density at radius 2 is 2.21 bits per heavy atom. The summed E-state index contributed by atoms with van der Waals surface area (Å²) in [5, 5.41) is 14.4. The first-order chi connectivity index (χ1) is 9.04. The van der Waals surface area contributed by atoms with E-state index in [0.29, 0.717) is 5.92 Å². The Balaban J connectivity index is 2.23. The van der Waals surface area contributed by atoms with Gasteiger partial charge in [-0.3, -0.25) is 4.68 Å². The molecule has 5 heteroatoms. The van der Waals surface area contributed by atoms with Gasteiger partial charge in [0.25, 0.3) is 0 Å². The van der Waals surface area contributed by atoms with E-state index in [4.69, 9.17) is 4.74 Å². The van der Waals surface area contributed by atoms with Gasteiger partial charge in [0.1, 0.15) is 0 Å². The fourth-order valence-corrected chi connectivity index (χ4v) is 2.91. The van der Waals surface area contributed by atoms with Crippen LogP contribution in [0.3, 0.4) is 0 Å². The van der Waals surface area contributed by atoms with Crippen molar-refractivity contribution in [1.82, 2.24) is 14.7 Å². The molecule has 0 aromatic carbocycles. The molecule has 1 saturated carbocycles. The number of aliphatic hydroxyl groups is 1. The number of hydrogen-bond acceptors (Lipinski definition) is 4. The summed E-state index contributed by atoms with van der Waals surface area (Å²) in [6, 6.07) is 0. The number of ether oxygens (including phenoxy) is 1. The summed E-state index contributed by atoms with van der Waals surface area (Å²) >= 11 is 0. The molecule has 0 saturated heterocycles. The predicted octanol–water partition coefficient (Wildman–Crippen LogP) is 1.33. The largest absolute Gasteiger partial charge is 0.493 e. The molecule has 0 spiro atoms. The topological polar surface area (TPSA) is 50.5 Å². The molecule has 3 atom stereocenters. The Morgan fingerprint density at radius 3 is 2.74 bits per heavy atom. The maximum Gasteiger partial charge on any atom is 0.160 e. The van der Waals surface area contributed by atoms with Crippen LogP contribution in [0.2, 0.25) is 0 Å². The molecule has 0 bridgehead atoms. The minimum Gasteiger partial charge on any atom is -0.493 e. The van der Waals surface area contributed by atoms with Crippen molar-refractivity contribution < 1.29 is 9.84 Å². The lowest BCUT2D eigenvalue weighted by atomic mass is 9.93. The van der Waals surface area contributed by atoms with Crippen molar-refractivity contribution in [3.63, 3.8) is 0 Å². The summed E-state index contributed by atoms with van der Waals surface area (Å²) < 4.78 is 7.49. The first kappa shape index (κ1) is 14.3. The molecule has 2 rings (SSSR count). The maximum absolute atomic E-state index is 9.96. The van der Waals surface area contributed by atoms with Crippen LogP contribution >= 0.6 is 0 Å². The van der Waals surface area contributed by atoms with E-state index < -0.39 is 0 Å². The highest BCUT2D eigenvalue weighted by atomic mass is 16.5. The lowest BCUT2D eigenvalue weighted by Crippen LogP contribution is -2.22. The van der Waals surface area contributed by atoms with Gasteiger partial charge in [-0.2, -0.15) is 5.10 Å². The highest BCUT2D eigenvalue weighted by Gasteiger charge is 2.36. The Bertz CT molecular complexity index is 417. The van der Waals surface area contributed by atoms with Crippen LogP contribution in [0.1, 0.15) is 31.4 Å². The van der Waals surface area contributed by atoms with E-state index in [0.717, 1.165) is 37.4 Å². The number of nitrogens with zero attached hydrogens (tertiary/aromatic N) is 3. The van der Waals surface area contributed by atoms with E-state index in [-0.39, 0.29) is 12.0 Å². The van der Waals surface area contributed by atoms with Crippen LogP contribution < -0.4 is 4.74 Å². The number of aliphatic hydroxyl groups excluding tert-OH is 1. The van der Waals surface area contributed by atoms with Crippen LogP contribution in [-0.2, 0) is 6.54 Å². The lowest BCUT2D eigenvalue weighted by Gasteiger charge is -2.21. The van der Waals surface area contributed by atoms with Crippen LogP contribution in [-0.4, -0.2) is 53.6 Å². The number of hydrogen-bond donors (Lipinski definition) is 1. The molecule has 1 aliphatic carbocycles. The summed E-state index contributed by atoms with van der Waals surface area (Å²) in [6.07, 6.45) is 3.47. The molecular weight excluding hydrogens is 242 g/mol. The van der Waals surface area contributed by atoms with Crippen LogP contribution in [0, 0.1) is 5.92 Å². The normalized spacial score (nSPS) is 27.2. The van der Waals surface area contributed by atoms with Gasteiger partial charge < -0.3 is 14.7 Å². The molecular formula is C14H25N3O2. The van der Waals surface area contributed by atoms with Gasteiger partial charge in [0.2, 0.25) is 0 Å². The highest BCUT2D eigenvalue weighted by Crippen LogP contribution is 2.42. The van der Waals surface area contributed by atoms with Crippen molar-refractivity contribution in [2.75, 3.05) is 27.7 Å². The molecule has 1 N–H and O–H groups in total. The fourth-order valence-electron chi connectivity index (χ4n) is 2.91. The fraction of sp³-hybridized carbons (Fsp3) is 0.786. The molecule has 0 amide bonds. The first-order valence-electron chi connectivity index (χ1n) is 6.97. The van der Waals surface area contributed by atoms with E-state index in [1.165, 1.54) is 0 Å². The van der Waals surface area contributed by atoms with Gasteiger partial charge in [-0.15, -0.1) is 0 Å². The maximum atomic E-state index is 9.96. The zero-order valence-electron chi connectivity index (χ0n) is 12.3. The third-order valence-corrected chi connectivity index (χ3v) is 4.19. The molecule has 3 unspecified atom stereocenters. The minimum atomic E-state index is -0.202. The summed E-state index contributed by atoms with van der Waals surface area (Å²) in [6.45, 7) is 3.91. The number of likely N-dealkylation sites (N-methyl/N-ethyl adjacent to an activating group) is 1. The Kier molecular flexibility index (Phi) is 4.47. The summed E-state index contributed by atoms with van der Waals surface area (Å²) in [5.41, 5.74) is 1.15. The molecule has 0 aliphatic heterocycles. The number of rotatable bonds is 5. The summed E-state index contributed by atoms with van der Waals surface area (Å²) in [7, 11) is 5.80. The molecule has 1 heterocycles. The van der Waals surface area contributed by atoms with Gasteiger partial charge in [0.15, 0.2) is 5.75 Å². The molecule has 1 aliphatic rings. The average molecular weight is 267 g/mol.